The molecule has 0 atom stereocenters. The molecule has 0 radical (unpaired) electrons. The summed E-state index contributed by atoms with van der Waals surface area (Å²) in [5.41, 5.74) is 0.890. The van der Waals surface area contributed by atoms with E-state index in [-0.39, 0.29) is 5.91 Å². The second kappa shape index (κ2) is 7.77. The van der Waals surface area contributed by atoms with Crippen LogP contribution in [0.15, 0.2) is 73.2 Å². The van der Waals surface area contributed by atoms with Gasteiger partial charge in [-0.05, 0) is 46.3 Å². The number of amides is 1. The number of benzene rings is 1. The minimum Gasteiger partial charge on any atom is -0.459 e. The summed E-state index contributed by atoms with van der Waals surface area (Å²) in [5, 5.41) is 0. The molecule has 0 aliphatic carbocycles. The van der Waals surface area contributed by atoms with Crippen LogP contribution in [0.25, 0.3) is 0 Å². The Labute approximate surface area is 153 Å². The van der Waals surface area contributed by atoms with Crippen molar-refractivity contribution in [1.82, 2.24) is 4.90 Å². The Kier molecular flexibility index (Phi) is 5.48. The highest BCUT2D eigenvalue weighted by Gasteiger charge is 2.20. The van der Waals surface area contributed by atoms with E-state index in [1.165, 1.54) is 0 Å². The third kappa shape index (κ3) is 4.13. The molecule has 0 N–H and O–H groups in total. The van der Waals surface area contributed by atoms with Crippen molar-refractivity contribution in [3.05, 3.63) is 76.5 Å². The smallest absolute Gasteiger partial charge is 0.290 e. The number of nitrogens with zero attached hydrogens (tertiary/aromatic N) is 1. The number of carbonyl (C=O) groups excluding carboxylic acids is 1. The molecule has 4 nitrogen and oxygen atoms in total. The van der Waals surface area contributed by atoms with Crippen molar-refractivity contribution in [3.8, 4) is 0 Å². The Bertz CT molecular complexity index is 813. The van der Waals surface area contributed by atoms with Gasteiger partial charge >= 0.3 is 0 Å². The minimum atomic E-state index is -0.156. The Balaban J connectivity index is 1.66. The minimum absolute atomic E-state index is 0.156. The molecule has 0 unspecified atom stereocenters. The van der Waals surface area contributed by atoms with Gasteiger partial charge in [-0.15, -0.1) is 11.8 Å². The first-order chi connectivity index (χ1) is 11.6. The van der Waals surface area contributed by atoms with Crippen molar-refractivity contribution < 1.29 is 13.6 Å². The van der Waals surface area contributed by atoms with Crippen LogP contribution in [-0.2, 0) is 12.3 Å². The summed E-state index contributed by atoms with van der Waals surface area (Å²) in [6.45, 7) is 0.385. The average molecular weight is 406 g/mol. The number of rotatable bonds is 6. The van der Waals surface area contributed by atoms with Crippen LogP contribution in [0.2, 0.25) is 0 Å². The molecule has 2 heterocycles. The average Bonchev–Trinajstić information content (AvgIpc) is 3.22. The van der Waals surface area contributed by atoms with Gasteiger partial charge in [0.1, 0.15) is 5.76 Å². The van der Waals surface area contributed by atoms with E-state index in [0.29, 0.717) is 28.5 Å². The van der Waals surface area contributed by atoms with E-state index in [0.717, 1.165) is 10.5 Å². The van der Waals surface area contributed by atoms with Gasteiger partial charge in [-0.3, -0.25) is 4.79 Å². The zero-order chi connectivity index (χ0) is 16.9. The summed E-state index contributed by atoms with van der Waals surface area (Å²) in [4.78, 5) is 15.4. The van der Waals surface area contributed by atoms with Crippen LogP contribution in [0, 0.1) is 0 Å². The quantitative estimate of drug-likeness (QED) is 0.528. The lowest BCUT2D eigenvalue weighted by molar-refractivity contribution is 0.0742. The summed E-state index contributed by atoms with van der Waals surface area (Å²) in [5.74, 6) is 1.62. The van der Waals surface area contributed by atoms with E-state index in [1.54, 1.807) is 30.0 Å². The fourth-order valence-corrected chi connectivity index (χ4v) is 3.47. The zero-order valence-electron chi connectivity index (χ0n) is 13.1. The van der Waals surface area contributed by atoms with Crippen LogP contribution in [0.5, 0.6) is 0 Å². The first-order valence-electron chi connectivity index (χ1n) is 7.37. The first-order valence-corrected chi connectivity index (χ1v) is 9.15. The second-order valence-corrected chi connectivity index (χ2v) is 7.07. The topological polar surface area (TPSA) is 46.6 Å². The molecule has 3 rings (SSSR count). The van der Waals surface area contributed by atoms with Crippen molar-refractivity contribution in [1.29, 1.82) is 0 Å². The summed E-state index contributed by atoms with van der Waals surface area (Å²) < 4.78 is 11.5. The van der Waals surface area contributed by atoms with Gasteiger partial charge in [-0.1, -0.05) is 18.2 Å². The molecule has 124 valence electrons. The van der Waals surface area contributed by atoms with Gasteiger partial charge in [0.25, 0.3) is 5.91 Å². The molecule has 0 aliphatic heterocycles. The van der Waals surface area contributed by atoms with E-state index < -0.39 is 0 Å². The van der Waals surface area contributed by atoms with E-state index in [1.807, 2.05) is 48.5 Å². The fraction of sp³-hybridized carbons (Fsp3) is 0.167. The van der Waals surface area contributed by atoms with Gasteiger partial charge in [-0.2, -0.15) is 0 Å². The van der Waals surface area contributed by atoms with Crippen LogP contribution in [0.3, 0.4) is 0 Å². The molecular weight excluding hydrogens is 390 g/mol. The lowest BCUT2D eigenvalue weighted by Crippen LogP contribution is -2.26. The molecule has 0 saturated heterocycles. The van der Waals surface area contributed by atoms with E-state index >= 15 is 0 Å². The number of thioether (sulfide) groups is 1. The molecule has 6 heteroatoms. The maximum atomic E-state index is 12.6. The number of furan rings is 2. The number of halogens is 1. The highest BCUT2D eigenvalue weighted by molar-refractivity contribution is 9.10. The summed E-state index contributed by atoms with van der Waals surface area (Å²) in [6, 6.07) is 15.6. The highest BCUT2D eigenvalue weighted by atomic mass is 79.9. The normalized spacial score (nSPS) is 10.8. The van der Waals surface area contributed by atoms with Crippen LogP contribution in [0.4, 0.5) is 0 Å². The van der Waals surface area contributed by atoms with Crippen molar-refractivity contribution in [2.75, 3.05) is 7.05 Å². The monoisotopic (exact) mass is 405 g/mol. The lowest BCUT2D eigenvalue weighted by Gasteiger charge is -2.15. The van der Waals surface area contributed by atoms with Crippen molar-refractivity contribution in [3.63, 3.8) is 0 Å². The summed E-state index contributed by atoms with van der Waals surface area (Å²) >= 11 is 4.93. The Hall–Kier alpha value is -1.92. The Morgan fingerprint density at radius 1 is 1.17 bits per heavy atom. The van der Waals surface area contributed by atoms with E-state index in [2.05, 4.69) is 15.9 Å². The van der Waals surface area contributed by atoms with Gasteiger partial charge in [0.05, 0.1) is 12.8 Å². The molecule has 0 saturated carbocycles. The summed E-state index contributed by atoms with van der Waals surface area (Å²) in [6.07, 6.45) is 1.56. The predicted molar refractivity (Wildman–Crippen MR) is 96.9 cm³/mol. The van der Waals surface area contributed by atoms with E-state index in [4.69, 9.17) is 8.83 Å². The van der Waals surface area contributed by atoms with Gasteiger partial charge in [0.15, 0.2) is 10.4 Å². The maximum Gasteiger partial charge on any atom is 0.290 e. The van der Waals surface area contributed by atoms with Gasteiger partial charge in [0.2, 0.25) is 0 Å². The molecule has 2 aromatic heterocycles. The number of hydrogen-bond acceptors (Lipinski definition) is 4. The predicted octanol–water partition coefficient (Wildman–Crippen LogP) is 5.20. The third-order valence-electron chi connectivity index (χ3n) is 3.45. The molecule has 24 heavy (non-hydrogen) atoms. The number of carbonyl (C=O) groups is 1. The standard InChI is InChI=1S/C18H16BrNO3S/c1-20(11-14-7-8-16(19)23-14)18(21)17-13(9-10-22-17)12-24-15-5-3-2-4-6-15/h2-10H,11-12H2,1H3. The molecular formula is C18H16BrNO3S. The van der Waals surface area contributed by atoms with Crippen LogP contribution in [0.1, 0.15) is 21.9 Å². The SMILES string of the molecule is CN(Cc1ccc(Br)o1)C(=O)c1occc1CSc1ccccc1. The van der Waals surface area contributed by atoms with Crippen LogP contribution >= 0.6 is 27.7 Å². The van der Waals surface area contributed by atoms with Crippen molar-refractivity contribution in [2.45, 2.75) is 17.2 Å². The number of hydrogen-bond donors (Lipinski definition) is 0. The molecule has 1 amide bonds. The molecule has 0 spiro atoms. The second-order valence-electron chi connectivity index (χ2n) is 5.24. The van der Waals surface area contributed by atoms with Crippen molar-refractivity contribution in [2.24, 2.45) is 0 Å². The molecule has 3 aromatic rings. The molecule has 0 fully saturated rings. The highest BCUT2D eigenvalue weighted by Crippen LogP contribution is 2.26. The van der Waals surface area contributed by atoms with Crippen LogP contribution < -0.4 is 0 Å². The lowest BCUT2D eigenvalue weighted by atomic mass is 10.2. The molecule has 0 aliphatic rings. The molecule has 1 aromatic carbocycles. The molecule has 0 bridgehead atoms. The summed E-state index contributed by atoms with van der Waals surface area (Å²) in [7, 11) is 1.73. The maximum absolute atomic E-state index is 12.6. The third-order valence-corrected chi connectivity index (χ3v) is 4.93. The van der Waals surface area contributed by atoms with Gasteiger partial charge < -0.3 is 13.7 Å². The van der Waals surface area contributed by atoms with Gasteiger partial charge in [-0.25, -0.2) is 0 Å². The first kappa shape index (κ1) is 16.9. The largest absolute Gasteiger partial charge is 0.459 e. The van der Waals surface area contributed by atoms with Crippen molar-refractivity contribution >= 4 is 33.6 Å². The fourth-order valence-electron chi connectivity index (χ4n) is 2.23. The van der Waals surface area contributed by atoms with Crippen LogP contribution in [-0.4, -0.2) is 17.9 Å². The van der Waals surface area contributed by atoms with Gasteiger partial charge in [0, 0.05) is 23.3 Å². The zero-order valence-corrected chi connectivity index (χ0v) is 15.5. The Morgan fingerprint density at radius 2 is 1.96 bits per heavy atom. The van der Waals surface area contributed by atoms with E-state index in [9.17, 15) is 4.79 Å². The Morgan fingerprint density at radius 3 is 2.67 bits per heavy atom.